The summed E-state index contributed by atoms with van der Waals surface area (Å²) in [6.07, 6.45) is 1.16. The lowest BCUT2D eigenvalue weighted by Crippen LogP contribution is -2.51. The van der Waals surface area contributed by atoms with Crippen molar-refractivity contribution in [3.05, 3.63) is 29.8 Å². The number of piperazine rings is 1. The number of nitrogens with zero attached hydrogens (tertiary/aromatic N) is 2. The van der Waals surface area contributed by atoms with Gasteiger partial charge in [0, 0.05) is 31.9 Å². The van der Waals surface area contributed by atoms with Crippen molar-refractivity contribution in [3.8, 4) is 0 Å². The van der Waals surface area contributed by atoms with Crippen molar-refractivity contribution < 1.29 is 18.0 Å². The molecule has 23 heavy (non-hydrogen) atoms. The predicted molar refractivity (Wildman–Crippen MR) is 86.4 cm³/mol. The molecule has 1 aliphatic heterocycles. The zero-order valence-electron chi connectivity index (χ0n) is 12.9. The molecule has 0 atom stereocenters. The molecule has 0 radical (unpaired) electrons. The Morgan fingerprint density at radius 1 is 1.17 bits per heavy atom. The molecule has 1 aromatic carbocycles. The maximum absolute atomic E-state index is 12.2. The molecule has 8 nitrogen and oxygen atoms in total. The summed E-state index contributed by atoms with van der Waals surface area (Å²) >= 11 is 0. The van der Waals surface area contributed by atoms with Crippen LogP contribution in [0.1, 0.15) is 10.4 Å². The van der Waals surface area contributed by atoms with Gasteiger partial charge in [0.15, 0.2) is 0 Å². The second-order valence-corrected chi connectivity index (χ2v) is 7.29. The van der Waals surface area contributed by atoms with Gasteiger partial charge < -0.3 is 16.0 Å². The van der Waals surface area contributed by atoms with Crippen LogP contribution in [0.25, 0.3) is 0 Å². The molecule has 3 N–H and O–H groups in total. The average Bonchev–Trinajstić information content (AvgIpc) is 2.52. The van der Waals surface area contributed by atoms with Crippen LogP contribution < -0.4 is 11.1 Å². The van der Waals surface area contributed by atoms with Gasteiger partial charge in [0.05, 0.1) is 18.4 Å². The normalized spacial score (nSPS) is 16.1. The first-order chi connectivity index (χ1) is 10.8. The summed E-state index contributed by atoms with van der Waals surface area (Å²) in [4.78, 5) is 25.1. The van der Waals surface area contributed by atoms with Crippen LogP contribution in [0.4, 0.5) is 5.69 Å². The van der Waals surface area contributed by atoms with Crippen molar-refractivity contribution in [2.24, 2.45) is 5.73 Å². The van der Waals surface area contributed by atoms with Crippen molar-refractivity contribution in [2.75, 3.05) is 44.3 Å². The molecule has 2 amide bonds. The SMILES string of the molecule is CS(=O)(=O)N1CCN(C(=O)CNc2ccccc2C(N)=O)CC1. The number of anilines is 1. The third-order valence-electron chi connectivity index (χ3n) is 3.68. The van der Waals surface area contributed by atoms with Gasteiger partial charge in [0.25, 0.3) is 5.91 Å². The first-order valence-corrected chi connectivity index (χ1v) is 8.99. The van der Waals surface area contributed by atoms with Gasteiger partial charge in [-0.15, -0.1) is 0 Å². The van der Waals surface area contributed by atoms with Gasteiger partial charge in [-0.1, -0.05) is 12.1 Å². The van der Waals surface area contributed by atoms with Gasteiger partial charge in [0.2, 0.25) is 15.9 Å². The van der Waals surface area contributed by atoms with E-state index in [4.69, 9.17) is 5.73 Å². The Balaban J connectivity index is 1.91. The first kappa shape index (κ1) is 17.2. The van der Waals surface area contributed by atoms with Crippen LogP contribution in [-0.2, 0) is 14.8 Å². The van der Waals surface area contributed by atoms with Crippen molar-refractivity contribution in [1.82, 2.24) is 9.21 Å². The summed E-state index contributed by atoms with van der Waals surface area (Å²) < 4.78 is 24.2. The number of benzene rings is 1. The fourth-order valence-corrected chi connectivity index (χ4v) is 3.23. The lowest BCUT2D eigenvalue weighted by Gasteiger charge is -2.33. The molecule has 1 heterocycles. The molecule has 0 unspecified atom stereocenters. The summed E-state index contributed by atoms with van der Waals surface area (Å²) in [7, 11) is -3.22. The minimum absolute atomic E-state index is 0.0170. The Bertz CT molecular complexity index is 696. The molecule has 1 aliphatic rings. The third-order valence-corrected chi connectivity index (χ3v) is 4.99. The number of rotatable bonds is 5. The number of carbonyl (C=O) groups excluding carboxylic acids is 2. The van der Waals surface area contributed by atoms with Crippen LogP contribution in [0.3, 0.4) is 0 Å². The van der Waals surface area contributed by atoms with Crippen LogP contribution in [0.5, 0.6) is 0 Å². The minimum atomic E-state index is -3.22. The van der Waals surface area contributed by atoms with Crippen molar-refractivity contribution in [1.29, 1.82) is 0 Å². The topological polar surface area (TPSA) is 113 Å². The van der Waals surface area contributed by atoms with E-state index in [2.05, 4.69) is 5.32 Å². The van der Waals surface area contributed by atoms with E-state index in [-0.39, 0.29) is 12.5 Å². The molecule has 1 saturated heterocycles. The highest BCUT2D eigenvalue weighted by Crippen LogP contribution is 2.14. The number of para-hydroxylation sites is 1. The minimum Gasteiger partial charge on any atom is -0.376 e. The van der Waals surface area contributed by atoms with Crippen molar-refractivity contribution in [3.63, 3.8) is 0 Å². The lowest BCUT2D eigenvalue weighted by atomic mass is 10.1. The van der Waals surface area contributed by atoms with Gasteiger partial charge in [-0.2, -0.15) is 4.31 Å². The van der Waals surface area contributed by atoms with Crippen LogP contribution in [-0.4, -0.2) is 68.4 Å². The molecule has 0 aliphatic carbocycles. The number of nitrogens with two attached hydrogens (primary N) is 1. The Labute approximate surface area is 135 Å². The molecule has 0 spiro atoms. The maximum atomic E-state index is 12.2. The summed E-state index contributed by atoms with van der Waals surface area (Å²) in [6, 6.07) is 6.69. The molecule has 1 fully saturated rings. The van der Waals surface area contributed by atoms with E-state index < -0.39 is 15.9 Å². The third kappa shape index (κ3) is 4.42. The lowest BCUT2D eigenvalue weighted by molar-refractivity contribution is -0.130. The van der Waals surface area contributed by atoms with Crippen LogP contribution in [0.2, 0.25) is 0 Å². The number of primary amides is 1. The van der Waals surface area contributed by atoms with Crippen LogP contribution in [0, 0.1) is 0 Å². The summed E-state index contributed by atoms with van der Waals surface area (Å²) in [6.45, 7) is 1.31. The quantitative estimate of drug-likeness (QED) is 0.736. The standard InChI is InChI=1S/C14H20N4O4S/c1-23(21,22)18-8-6-17(7-9-18)13(19)10-16-12-5-3-2-4-11(12)14(15)20/h2-5,16H,6-10H2,1H3,(H2,15,20). The number of carbonyl (C=O) groups is 2. The number of amides is 2. The summed E-state index contributed by atoms with van der Waals surface area (Å²) in [5, 5.41) is 2.91. The Kier molecular flexibility index (Phi) is 5.22. The molecule has 9 heteroatoms. The molecular formula is C14H20N4O4S. The van der Waals surface area contributed by atoms with E-state index in [0.717, 1.165) is 6.26 Å². The number of nitrogens with one attached hydrogen (secondary N) is 1. The monoisotopic (exact) mass is 340 g/mol. The molecule has 1 aromatic rings. The summed E-state index contributed by atoms with van der Waals surface area (Å²) in [5.74, 6) is -0.722. The highest BCUT2D eigenvalue weighted by Gasteiger charge is 2.25. The zero-order chi connectivity index (χ0) is 17.0. The second kappa shape index (κ2) is 6.97. The highest BCUT2D eigenvalue weighted by molar-refractivity contribution is 7.88. The fraction of sp³-hybridized carbons (Fsp3) is 0.429. The van der Waals surface area contributed by atoms with Gasteiger partial charge in [0.1, 0.15) is 0 Å². The van der Waals surface area contributed by atoms with Gasteiger partial charge in [-0.3, -0.25) is 9.59 Å². The largest absolute Gasteiger partial charge is 0.376 e. The summed E-state index contributed by atoms with van der Waals surface area (Å²) in [5.41, 5.74) is 6.11. The van der Waals surface area contributed by atoms with Crippen LogP contribution >= 0.6 is 0 Å². The van der Waals surface area contributed by atoms with E-state index in [1.807, 2.05) is 0 Å². The van der Waals surface area contributed by atoms with Crippen molar-refractivity contribution in [2.45, 2.75) is 0 Å². The van der Waals surface area contributed by atoms with E-state index >= 15 is 0 Å². The molecule has 0 bridgehead atoms. The number of sulfonamides is 1. The number of hydrogen-bond donors (Lipinski definition) is 2. The first-order valence-electron chi connectivity index (χ1n) is 7.14. The van der Waals surface area contributed by atoms with Crippen molar-refractivity contribution >= 4 is 27.5 Å². The van der Waals surface area contributed by atoms with E-state index in [9.17, 15) is 18.0 Å². The van der Waals surface area contributed by atoms with E-state index in [0.29, 0.717) is 37.4 Å². The molecule has 2 rings (SSSR count). The fourth-order valence-electron chi connectivity index (χ4n) is 2.40. The average molecular weight is 340 g/mol. The smallest absolute Gasteiger partial charge is 0.250 e. The predicted octanol–water partition coefficient (Wildman–Crippen LogP) is -0.699. The van der Waals surface area contributed by atoms with E-state index in [1.54, 1.807) is 29.2 Å². The molecule has 126 valence electrons. The van der Waals surface area contributed by atoms with Crippen LogP contribution in [0.15, 0.2) is 24.3 Å². The second-order valence-electron chi connectivity index (χ2n) is 5.31. The van der Waals surface area contributed by atoms with Gasteiger partial charge >= 0.3 is 0 Å². The Morgan fingerprint density at radius 3 is 2.35 bits per heavy atom. The molecule has 0 saturated carbocycles. The number of hydrogen-bond acceptors (Lipinski definition) is 5. The molecule has 0 aromatic heterocycles. The van der Waals surface area contributed by atoms with Gasteiger partial charge in [-0.25, -0.2) is 8.42 Å². The maximum Gasteiger partial charge on any atom is 0.250 e. The zero-order valence-corrected chi connectivity index (χ0v) is 13.7. The highest BCUT2D eigenvalue weighted by atomic mass is 32.2. The van der Waals surface area contributed by atoms with E-state index in [1.165, 1.54) is 4.31 Å². The Morgan fingerprint density at radius 2 is 1.78 bits per heavy atom. The Hall–Kier alpha value is -2.13. The molecular weight excluding hydrogens is 320 g/mol. The van der Waals surface area contributed by atoms with Gasteiger partial charge in [-0.05, 0) is 12.1 Å².